The smallest absolute Gasteiger partial charge is 0.340 e. The molecule has 18 heavy (non-hydrogen) atoms. The van der Waals surface area contributed by atoms with Crippen LogP contribution in [0.4, 0.5) is 13.2 Å². The number of nitrogens with two attached hydrogens (primary N) is 1. The van der Waals surface area contributed by atoms with Gasteiger partial charge < -0.3 is 10.6 Å². The maximum absolute atomic E-state index is 12.1. The number of hydrogen-bond donors (Lipinski definition) is 1. The first-order valence-corrected chi connectivity index (χ1v) is 6.16. The van der Waals surface area contributed by atoms with Gasteiger partial charge >= 0.3 is 6.18 Å². The number of nitrogens with zero attached hydrogens (tertiary/aromatic N) is 2. The van der Waals surface area contributed by atoms with Crippen LogP contribution in [0.1, 0.15) is 19.8 Å². The van der Waals surface area contributed by atoms with Crippen molar-refractivity contribution in [3.8, 4) is 0 Å². The van der Waals surface area contributed by atoms with E-state index in [0.29, 0.717) is 32.7 Å². The van der Waals surface area contributed by atoms with Crippen molar-refractivity contribution in [1.82, 2.24) is 9.80 Å². The predicted octanol–water partition coefficient (Wildman–Crippen LogP) is 0.820. The molecule has 0 radical (unpaired) electrons. The quantitative estimate of drug-likeness (QED) is 0.820. The van der Waals surface area contributed by atoms with Gasteiger partial charge in [0.15, 0.2) is 0 Å². The molecule has 4 nitrogen and oxygen atoms in total. The minimum absolute atomic E-state index is 0.255. The summed E-state index contributed by atoms with van der Waals surface area (Å²) in [6.45, 7) is 4.46. The Hall–Kier alpha value is -0.820. The zero-order valence-electron chi connectivity index (χ0n) is 10.5. The third-order valence-electron chi connectivity index (χ3n) is 3.28. The molecule has 0 aromatic carbocycles. The highest BCUT2D eigenvalue weighted by Gasteiger charge is 2.34. The molecule has 0 bridgehead atoms. The molecule has 106 valence electrons. The van der Waals surface area contributed by atoms with Crippen molar-refractivity contribution in [2.75, 3.05) is 32.7 Å². The van der Waals surface area contributed by atoms with Gasteiger partial charge in [0.25, 0.3) is 0 Å². The summed E-state index contributed by atoms with van der Waals surface area (Å²) in [4.78, 5) is 14.8. The lowest BCUT2D eigenvalue weighted by Crippen LogP contribution is -2.53. The molecular weight excluding hydrogens is 247 g/mol. The Morgan fingerprint density at radius 3 is 2.22 bits per heavy atom. The number of alkyl halides is 3. The van der Waals surface area contributed by atoms with E-state index in [0.717, 1.165) is 6.42 Å². The Labute approximate surface area is 105 Å². The summed E-state index contributed by atoms with van der Waals surface area (Å²) in [6, 6.07) is 0.255. The third-order valence-corrected chi connectivity index (χ3v) is 3.28. The summed E-state index contributed by atoms with van der Waals surface area (Å²) in [5, 5.41) is 0. The van der Waals surface area contributed by atoms with Crippen LogP contribution in [0, 0.1) is 0 Å². The third kappa shape index (κ3) is 4.45. The molecule has 1 aliphatic heterocycles. The molecule has 1 atom stereocenters. The first-order valence-electron chi connectivity index (χ1n) is 6.16. The maximum atomic E-state index is 12.1. The molecule has 0 saturated carbocycles. The first kappa shape index (κ1) is 15.2. The van der Waals surface area contributed by atoms with Crippen molar-refractivity contribution >= 4 is 5.91 Å². The minimum atomic E-state index is -4.42. The van der Waals surface area contributed by atoms with Crippen LogP contribution >= 0.6 is 0 Å². The summed E-state index contributed by atoms with van der Waals surface area (Å²) in [5.41, 5.74) is 5.62. The van der Waals surface area contributed by atoms with Gasteiger partial charge in [-0.2, -0.15) is 13.2 Å². The summed E-state index contributed by atoms with van der Waals surface area (Å²) >= 11 is 0. The molecule has 2 N–H and O–H groups in total. The van der Waals surface area contributed by atoms with Crippen LogP contribution in [-0.2, 0) is 4.79 Å². The topological polar surface area (TPSA) is 49.6 Å². The van der Waals surface area contributed by atoms with E-state index in [-0.39, 0.29) is 6.04 Å². The molecule has 0 aromatic rings. The maximum Gasteiger partial charge on any atom is 0.397 e. The van der Waals surface area contributed by atoms with Gasteiger partial charge in [0, 0.05) is 38.8 Å². The first-order chi connectivity index (χ1) is 8.37. The Balaban J connectivity index is 2.41. The van der Waals surface area contributed by atoms with Crippen molar-refractivity contribution in [2.24, 2.45) is 5.73 Å². The second kappa shape index (κ2) is 6.38. The fraction of sp³-hybridized carbons (Fsp3) is 0.909. The average Bonchev–Trinajstić information content (AvgIpc) is 2.29. The number of piperazine rings is 1. The highest BCUT2D eigenvalue weighted by molar-refractivity contribution is 5.76. The Morgan fingerprint density at radius 2 is 1.83 bits per heavy atom. The van der Waals surface area contributed by atoms with Gasteiger partial charge in [0.1, 0.15) is 6.42 Å². The van der Waals surface area contributed by atoms with E-state index in [2.05, 4.69) is 4.90 Å². The van der Waals surface area contributed by atoms with Crippen LogP contribution in [0.5, 0.6) is 0 Å². The number of amides is 1. The van der Waals surface area contributed by atoms with Crippen LogP contribution < -0.4 is 5.73 Å². The van der Waals surface area contributed by atoms with Crippen molar-refractivity contribution in [3.63, 3.8) is 0 Å². The number of carbonyl (C=O) groups excluding carboxylic acids is 1. The zero-order chi connectivity index (χ0) is 13.8. The second-order valence-electron chi connectivity index (χ2n) is 4.51. The zero-order valence-corrected chi connectivity index (χ0v) is 10.5. The van der Waals surface area contributed by atoms with E-state index >= 15 is 0 Å². The molecule has 1 saturated heterocycles. The van der Waals surface area contributed by atoms with Crippen molar-refractivity contribution in [3.05, 3.63) is 0 Å². The largest absolute Gasteiger partial charge is 0.397 e. The molecule has 0 aromatic heterocycles. The molecule has 1 heterocycles. The minimum Gasteiger partial charge on any atom is -0.340 e. The lowest BCUT2D eigenvalue weighted by Gasteiger charge is -2.38. The summed E-state index contributed by atoms with van der Waals surface area (Å²) in [6.07, 6.45) is -4.87. The van der Waals surface area contributed by atoms with E-state index in [4.69, 9.17) is 5.73 Å². The van der Waals surface area contributed by atoms with Crippen LogP contribution in [0.15, 0.2) is 0 Å². The number of carbonyl (C=O) groups is 1. The molecule has 1 unspecified atom stereocenters. The van der Waals surface area contributed by atoms with Gasteiger partial charge in [-0.25, -0.2) is 0 Å². The van der Waals surface area contributed by atoms with E-state index in [1.165, 1.54) is 4.90 Å². The SMILES string of the molecule is CCC(CN)N1CCN(C(=O)CC(F)(F)F)CC1. The van der Waals surface area contributed by atoms with Crippen molar-refractivity contribution in [1.29, 1.82) is 0 Å². The Bertz CT molecular complexity index is 271. The molecule has 1 aliphatic rings. The van der Waals surface area contributed by atoms with Gasteiger partial charge in [-0.15, -0.1) is 0 Å². The highest BCUT2D eigenvalue weighted by atomic mass is 19.4. The number of hydrogen-bond acceptors (Lipinski definition) is 3. The molecule has 0 aliphatic carbocycles. The molecule has 7 heteroatoms. The molecule has 1 rings (SSSR count). The molecule has 1 amide bonds. The lowest BCUT2D eigenvalue weighted by molar-refractivity contribution is -0.162. The fourth-order valence-electron chi connectivity index (χ4n) is 2.19. The van der Waals surface area contributed by atoms with Gasteiger partial charge in [-0.1, -0.05) is 6.92 Å². The van der Waals surface area contributed by atoms with Crippen LogP contribution in [0.2, 0.25) is 0 Å². The van der Waals surface area contributed by atoms with Crippen LogP contribution in [0.3, 0.4) is 0 Å². The van der Waals surface area contributed by atoms with E-state index in [9.17, 15) is 18.0 Å². The molecule has 0 spiro atoms. The summed E-state index contributed by atoms with van der Waals surface area (Å²) in [7, 11) is 0. The number of rotatable bonds is 4. The van der Waals surface area contributed by atoms with Crippen molar-refractivity contribution < 1.29 is 18.0 Å². The van der Waals surface area contributed by atoms with Crippen LogP contribution in [-0.4, -0.2) is 60.6 Å². The van der Waals surface area contributed by atoms with Gasteiger partial charge in [-0.3, -0.25) is 9.69 Å². The monoisotopic (exact) mass is 267 g/mol. The van der Waals surface area contributed by atoms with E-state index < -0.39 is 18.5 Å². The summed E-state index contributed by atoms with van der Waals surface area (Å²) < 4.78 is 36.3. The second-order valence-corrected chi connectivity index (χ2v) is 4.51. The predicted molar refractivity (Wildman–Crippen MR) is 62.0 cm³/mol. The Morgan fingerprint density at radius 1 is 1.28 bits per heavy atom. The number of halogens is 3. The average molecular weight is 267 g/mol. The van der Waals surface area contributed by atoms with Crippen molar-refractivity contribution in [2.45, 2.75) is 32.0 Å². The van der Waals surface area contributed by atoms with E-state index in [1.54, 1.807) is 0 Å². The van der Waals surface area contributed by atoms with Gasteiger partial charge in [0.05, 0.1) is 0 Å². The molecular formula is C11H20F3N3O. The van der Waals surface area contributed by atoms with Gasteiger partial charge in [-0.05, 0) is 6.42 Å². The van der Waals surface area contributed by atoms with Gasteiger partial charge in [0.2, 0.25) is 5.91 Å². The fourth-order valence-corrected chi connectivity index (χ4v) is 2.19. The standard InChI is InChI=1S/C11H20F3N3O/c1-2-9(8-15)16-3-5-17(6-4-16)10(18)7-11(12,13)14/h9H,2-8,15H2,1H3. The van der Waals surface area contributed by atoms with E-state index in [1.807, 2.05) is 6.92 Å². The molecule has 1 fully saturated rings. The van der Waals surface area contributed by atoms with Crippen LogP contribution in [0.25, 0.3) is 0 Å². The summed E-state index contributed by atoms with van der Waals surface area (Å²) in [5.74, 6) is -0.831. The lowest BCUT2D eigenvalue weighted by atomic mass is 10.1. The Kier molecular flexibility index (Phi) is 5.40. The normalized spacial score (nSPS) is 19.9. The highest BCUT2D eigenvalue weighted by Crippen LogP contribution is 2.21.